The molecule has 134 valence electrons. The molecule has 0 fully saturated rings. The Balaban J connectivity index is 3.99. The largest absolute Gasteiger partial charge is 0.481 e. The molecule has 5 nitrogen and oxygen atoms in total. The first-order valence-electron chi connectivity index (χ1n) is 8.61. The van der Waals surface area contributed by atoms with E-state index in [0.717, 1.165) is 25.7 Å². The van der Waals surface area contributed by atoms with Gasteiger partial charge in [0, 0.05) is 6.42 Å². The Morgan fingerprint density at radius 1 is 1.09 bits per heavy atom. The first-order valence-corrected chi connectivity index (χ1v) is 8.61. The monoisotopic (exact) mass is 328 g/mol. The van der Waals surface area contributed by atoms with Crippen molar-refractivity contribution in [3.8, 4) is 0 Å². The molecular formula is C18H34NO4+. The third kappa shape index (κ3) is 15.3. The summed E-state index contributed by atoms with van der Waals surface area (Å²) >= 11 is 0. The lowest BCUT2D eigenvalue weighted by Gasteiger charge is -2.28. The SMILES string of the molecule is CCCC/C=C/CCCCC(=O)OC(CC(=O)O)C[N+](C)(C)C. The molecule has 0 heterocycles. The van der Waals surface area contributed by atoms with Gasteiger partial charge >= 0.3 is 11.9 Å². The van der Waals surface area contributed by atoms with Crippen LogP contribution in [0.1, 0.15) is 58.3 Å². The van der Waals surface area contributed by atoms with Crippen molar-refractivity contribution < 1.29 is 23.9 Å². The lowest BCUT2D eigenvalue weighted by Crippen LogP contribution is -2.43. The van der Waals surface area contributed by atoms with E-state index in [1.54, 1.807) is 0 Å². The molecule has 0 radical (unpaired) electrons. The number of esters is 1. The summed E-state index contributed by atoms with van der Waals surface area (Å²) in [6, 6.07) is 0. The minimum Gasteiger partial charge on any atom is -0.481 e. The molecule has 0 spiro atoms. The van der Waals surface area contributed by atoms with Crippen LogP contribution in [0, 0.1) is 0 Å². The average molecular weight is 328 g/mol. The molecule has 1 unspecified atom stereocenters. The van der Waals surface area contributed by atoms with Crippen LogP contribution in [0.15, 0.2) is 12.2 Å². The Kier molecular flexibility index (Phi) is 11.4. The number of carbonyl (C=O) groups is 2. The van der Waals surface area contributed by atoms with Crippen LogP contribution in [0.2, 0.25) is 0 Å². The zero-order chi connectivity index (χ0) is 17.7. The van der Waals surface area contributed by atoms with Crippen molar-refractivity contribution in [3.63, 3.8) is 0 Å². The third-order valence-corrected chi connectivity index (χ3v) is 3.34. The minimum absolute atomic E-state index is 0.137. The highest BCUT2D eigenvalue weighted by molar-refractivity contribution is 5.71. The van der Waals surface area contributed by atoms with Crippen LogP contribution >= 0.6 is 0 Å². The topological polar surface area (TPSA) is 63.6 Å². The van der Waals surface area contributed by atoms with Crippen LogP contribution < -0.4 is 0 Å². The molecule has 0 amide bonds. The lowest BCUT2D eigenvalue weighted by atomic mass is 10.1. The number of hydrogen-bond donors (Lipinski definition) is 1. The number of quaternary nitrogens is 1. The molecule has 5 heteroatoms. The van der Waals surface area contributed by atoms with E-state index in [4.69, 9.17) is 9.84 Å². The molecule has 1 N–H and O–H groups in total. The second-order valence-corrected chi connectivity index (χ2v) is 7.04. The first kappa shape index (κ1) is 21.6. The summed E-state index contributed by atoms with van der Waals surface area (Å²) < 4.78 is 5.91. The minimum atomic E-state index is -0.937. The zero-order valence-corrected chi connectivity index (χ0v) is 15.2. The van der Waals surface area contributed by atoms with Gasteiger partial charge < -0.3 is 14.3 Å². The Bertz CT molecular complexity index is 372. The van der Waals surface area contributed by atoms with Crippen molar-refractivity contribution in [2.75, 3.05) is 27.7 Å². The summed E-state index contributed by atoms with van der Waals surface area (Å²) in [5, 5.41) is 8.92. The van der Waals surface area contributed by atoms with Crippen molar-refractivity contribution in [2.45, 2.75) is 64.4 Å². The highest BCUT2D eigenvalue weighted by atomic mass is 16.5. The predicted octanol–water partition coefficient (Wildman–Crippen LogP) is 3.39. The maximum atomic E-state index is 11.9. The molecule has 0 aromatic carbocycles. The second kappa shape index (κ2) is 12.1. The van der Waals surface area contributed by atoms with Crippen molar-refractivity contribution in [1.29, 1.82) is 0 Å². The molecule has 1 atom stereocenters. The van der Waals surface area contributed by atoms with Gasteiger partial charge in [0.15, 0.2) is 6.10 Å². The number of hydrogen-bond acceptors (Lipinski definition) is 3. The summed E-state index contributed by atoms with van der Waals surface area (Å²) in [7, 11) is 5.86. The zero-order valence-electron chi connectivity index (χ0n) is 15.2. The molecule has 23 heavy (non-hydrogen) atoms. The van der Waals surface area contributed by atoms with E-state index in [1.165, 1.54) is 12.8 Å². The van der Waals surface area contributed by atoms with E-state index in [-0.39, 0.29) is 12.4 Å². The quantitative estimate of drug-likeness (QED) is 0.244. The molecule has 0 aromatic heterocycles. The van der Waals surface area contributed by atoms with Gasteiger partial charge in [-0.05, 0) is 25.7 Å². The Labute approximate surface area is 140 Å². The van der Waals surface area contributed by atoms with Gasteiger partial charge in [-0.25, -0.2) is 0 Å². The van der Waals surface area contributed by atoms with Gasteiger partial charge in [-0.3, -0.25) is 9.59 Å². The van der Waals surface area contributed by atoms with E-state index >= 15 is 0 Å². The van der Waals surface area contributed by atoms with Crippen molar-refractivity contribution in [1.82, 2.24) is 0 Å². The number of allylic oxidation sites excluding steroid dienone is 2. The highest BCUT2D eigenvalue weighted by Gasteiger charge is 2.24. The molecule has 0 aliphatic carbocycles. The lowest BCUT2D eigenvalue weighted by molar-refractivity contribution is -0.873. The fraction of sp³-hybridized carbons (Fsp3) is 0.778. The normalized spacial score (nSPS) is 13.2. The summed E-state index contributed by atoms with van der Waals surface area (Å²) in [4.78, 5) is 22.7. The standard InChI is InChI=1S/C18H33NO4/c1-5-6-7-8-9-10-11-12-13-18(22)23-16(14-17(20)21)15-19(2,3)4/h8-9,16H,5-7,10-15H2,1-4H3/p+1/b9-8+. The number of rotatable bonds is 13. The van der Waals surface area contributed by atoms with Gasteiger partial charge in [0.1, 0.15) is 6.54 Å². The number of aliphatic carboxylic acids is 1. The highest BCUT2D eigenvalue weighted by Crippen LogP contribution is 2.09. The van der Waals surface area contributed by atoms with E-state index in [1.807, 2.05) is 21.1 Å². The maximum absolute atomic E-state index is 11.9. The Hall–Kier alpha value is -1.36. The molecule has 0 saturated heterocycles. The Morgan fingerprint density at radius 2 is 1.70 bits per heavy atom. The third-order valence-electron chi connectivity index (χ3n) is 3.34. The van der Waals surface area contributed by atoms with Crippen LogP contribution in [0.5, 0.6) is 0 Å². The van der Waals surface area contributed by atoms with Gasteiger partial charge in [-0.2, -0.15) is 0 Å². The molecule has 0 rings (SSSR count). The average Bonchev–Trinajstić information content (AvgIpc) is 2.39. The van der Waals surface area contributed by atoms with E-state index in [9.17, 15) is 9.59 Å². The summed E-state index contributed by atoms with van der Waals surface area (Å²) in [5.41, 5.74) is 0. The van der Waals surface area contributed by atoms with Gasteiger partial charge in [-0.15, -0.1) is 0 Å². The van der Waals surface area contributed by atoms with Gasteiger partial charge in [0.2, 0.25) is 0 Å². The molecule has 0 bridgehead atoms. The summed E-state index contributed by atoms with van der Waals surface area (Å²) in [6.07, 6.45) is 10.3. The second-order valence-electron chi connectivity index (χ2n) is 7.04. The van der Waals surface area contributed by atoms with Crippen molar-refractivity contribution >= 4 is 11.9 Å². The summed E-state index contributed by atoms with van der Waals surface area (Å²) in [5.74, 6) is -1.23. The molecule has 0 aromatic rings. The number of ether oxygens (including phenoxy) is 1. The number of likely N-dealkylation sites (N-methyl/N-ethyl adjacent to an activating group) is 1. The smallest absolute Gasteiger partial charge is 0.307 e. The fourth-order valence-electron chi connectivity index (χ4n) is 2.28. The fourth-order valence-corrected chi connectivity index (χ4v) is 2.28. The number of nitrogens with zero attached hydrogens (tertiary/aromatic N) is 1. The van der Waals surface area contributed by atoms with Crippen LogP contribution in [0.25, 0.3) is 0 Å². The van der Waals surface area contributed by atoms with Gasteiger partial charge in [-0.1, -0.05) is 31.9 Å². The van der Waals surface area contributed by atoms with E-state index in [2.05, 4.69) is 19.1 Å². The Morgan fingerprint density at radius 3 is 2.22 bits per heavy atom. The van der Waals surface area contributed by atoms with Crippen molar-refractivity contribution in [2.24, 2.45) is 0 Å². The van der Waals surface area contributed by atoms with Crippen LogP contribution in [0.4, 0.5) is 0 Å². The number of carbonyl (C=O) groups excluding carboxylic acids is 1. The van der Waals surface area contributed by atoms with E-state index < -0.39 is 12.1 Å². The predicted molar refractivity (Wildman–Crippen MR) is 92.2 cm³/mol. The number of carboxylic acid groups (broad SMARTS) is 1. The number of unbranched alkanes of at least 4 members (excludes halogenated alkanes) is 4. The first-order chi connectivity index (χ1) is 10.7. The van der Waals surface area contributed by atoms with Crippen LogP contribution in [0.3, 0.4) is 0 Å². The van der Waals surface area contributed by atoms with Gasteiger partial charge in [0.05, 0.1) is 27.6 Å². The molecule has 0 aliphatic rings. The molecule has 0 aliphatic heterocycles. The van der Waals surface area contributed by atoms with Crippen LogP contribution in [-0.2, 0) is 14.3 Å². The van der Waals surface area contributed by atoms with Gasteiger partial charge in [0.25, 0.3) is 0 Å². The summed E-state index contributed by atoms with van der Waals surface area (Å²) in [6.45, 7) is 2.67. The maximum Gasteiger partial charge on any atom is 0.307 e. The van der Waals surface area contributed by atoms with E-state index in [0.29, 0.717) is 17.4 Å². The number of carboxylic acids is 1. The van der Waals surface area contributed by atoms with Crippen molar-refractivity contribution in [3.05, 3.63) is 12.2 Å². The van der Waals surface area contributed by atoms with Crippen LogP contribution in [-0.4, -0.2) is 55.3 Å². The molecule has 0 saturated carbocycles. The molecular weight excluding hydrogens is 294 g/mol.